The van der Waals surface area contributed by atoms with Crippen molar-refractivity contribution in [2.75, 3.05) is 0 Å². The number of carboxylic acid groups (broad SMARTS) is 1. The Morgan fingerprint density at radius 3 is 2.82 bits per heavy atom. The molecule has 1 aromatic carbocycles. The number of aromatic nitrogens is 3. The zero-order chi connectivity index (χ0) is 12.6. The highest BCUT2D eigenvalue weighted by atomic mass is 79.9. The molecule has 1 N–H and O–H groups in total. The van der Waals surface area contributed by atoms with Gasteiger partial charge in [-0.25, -0.2) is 13.9 Å². The molecule has 0 amide bonds. The summed E-state index contributed by atoms with van der Waals surface area (Å²) >= 11 is 3.24. The monoisotopic (exact) mass is 299 g/mol. The number of halogens is 2. The Kier molecular flexibility index (Phi) is 2.93. The molecule has 0 bridgehead atoms. The number of carboxylic acids is 1. The summed E-state index contributed by atoms with van der Waals surface area (Å²) in [5.41, 5.74) is 0.590. The Morgan fingerprint density at radius 1 is 1.53 bits per heavy atom. The lowest BCUT2D eigenvalue weighted by molar-refractivity contribution is 0.0689. The third kappa shape index (κ3) is 2.05. The third-order valence-corrected chi connectivity index (χ3v) is 2.90. The van der Waals surface area contributed by atoms with E-state index in [2.05, 4.69) is 26.2 Å². The Morgan fingerprint density at radius 2 is 2.24 bits per heavy atom. The molecule has 0 aliphatic carbocycles. The highest BCUT2D eigenvalue weighted by molar-refractivity contribution is 9.10. The summed E-state index contributed by atoms with van der Waals surface area (Å²) < 4.78 is 15.0. The van der Waals surface area contributed by atoms with Crippen LogP contribution in [0, 0.1) is 12.7 Å². The van der Waals surface area contributed by atoms with Crippen molar-refractivity contribution in [2.45, 2.75) is 6.92 Å². The van der Waals surface area contributed by atoms with E-state index in [1.807, 2.05) is 0 Å². The molecule has 5 nitrogen and oxygen atoms in total. The fraction of sp³-hybridized carbons (Fsp3) is 0.100. The molecule has 0 radical (unpaired) electrons. The second kappa shape index (κ2) is 4.25. The van der Waals surface area contributed by atoms with Gasteiger partial charge in [0.05, 0.1) is 11.4 Å². The predicted molar refractivity (Wildman–Crippen MR) is 60.7 cm³/mol. The minimum Gasteiger partial charge on any atom is -0.476 e. The average Bonchev–Trinajstić information content (AvgIpc) is 2.64. The Bertz CT molecular complexity index is 597. The summed E-state index contributed by atoms with van der Waals surface area (Å²) in [6.45, 7) is 1.56. The maximum Gasteiger partial charge on any atom is 0.358 e. The van der Waals surface area contributed by atoms with Crippen LogP contribution in [0.5, 0.6) is 0 Å². The predicted octanol–water partition coefficient (Wildman–Crippen LogP) is 2.18. The maximum absolute atomic E-state index is 13.1. The van der Waals surface area contributed by atoms with Gasteiger partial charge in [-0.3, -0.25) is 0 Å². The Balaban J connectivity index is 2.61. The molecule has 0 atom stereocenters. The number of nitrogens with zero attached hydrogens (tertiary/aromatic N) is 3. The van der Waals surface area contributed by atoms with Crippen molar-refractivity contribution in [1.82, 2.24) is 15.0 Å². The van der Waals surface area contributed by atoms with Gasteiger partial charge in [-0.15, -0.1) is 5.10 Å². The van der Waals surface area contributed by atoms with Crippen molar-refractivity contribution in [3.63, 3.8) is 0 Å². The number of aromatic carboxylic acids is 1. The lowest BCUT2D eigenvalue weighted by Gasteiger charge is -2.05. The zero-order valence-electron chi connectivity index (χ0n) is 8.69. The maximum atomic E-state index is 13.1. The number of rotatable bonds is 2. The van der Waals surface area contributed by atoms with Crippen LogP contribution >= 0.6 is 15.9 Å². The van der Waals surface area contributed by atoms with Crippen LogP contribution in [-0.2, 0) is 0 Å². The van der Waals surface area contributed by atoms with E-state index in [0.717, 1.165) is 0 Å². The van der Waals surface area contributed by atoms with E-state index in [9.17, 15) is 9.18 Å². The van der Waals surface area contributed by atoms with E-state index in [4.69, 9.17) is 5.11 Å². The van der Waals surface area contributed by atoms with Crippen molar-refractivity contribution < 1.29 is 14.3 Å². The summed E-state index contributed by atoms with van der Waals surface area (Å²) in [7, 11) is 0. The van der Waals surface area contributed by atoms with Gasteiger partial charge in [0.25, 0.3) is 0 Å². The summed E-state index contributed by atoms with van der Waals surface area (Å²) in [5, 5.41) is 16.1. The van der Waals surface area contributed by atoms with Crippen molar-refractivity contribution in [1.29, 1.82) is 0 Å². The van der Waals surface area contributed by atoms with Crippen LogP contribution in [0.4, 0.5) is 4.39 Å². The largest absolute Gasteiger partial charge is 0.476 e. The van der Waals surface area contributed by atoms with Crippen molar-refractivity contribution in [3.05, 3.63) is 39.9 Å². The summed E-state index contributed by atoms with van der Waals surface area (Å²) in [6, 6.07) is 4.06. The molecule has 0 spiro atoms. The average molecular weight is 300 g/mol. The second-order valence-electron chi connectivity index (χ2n) is 3.34. The molecule has 0 saturated carbocycles. The second-order valence-corrected chi connectivity index (χ2v) is 4.19. The number of hydrogen-bond acceptors (Lipinski definition) is 3. The molecule has 7 heteroatoms. The standard InChI is InChI=1S/C10H7BrFN3O2/c1-5-9(10(16)17)13-14-15(5)8-4-6(12)2-3-7(8)11/h2-4H,1H3,(H,16,17). The van der Waals surface area contributed by atoms with E-state index < -0.39 is 11.8 Å². The van der Waals surface area contributed by atoms with E-state index in [1.165, 1.54) is 22.9 Å². The van der Waals surface area contributed by atoms with Crippen LogP contribution in [0.2, 0.25) is 0 Å². The van der Waals surface area contributed by atoms with Crippen LogP contribution in [-0.4, -0.2) is 26.1 Å². The fourth-order valence-electron chi connectivity index (χ4n) is 1.40. The SMILES string of the molecule is Cc1c(C(=O)O)nnn1-c1cc(F)ccc1Br. The van der Waals surface area contributed by atoms with E-state index in [-0.39, 0.29) is 5.69 Å². The third-order valence-electron chi connectivity index (χ3n) is 2.23. The van der Waals surface area contributed by atoms with Gasteiger partial charge >= 0.3 is 5.97 Å². The normalized spacial score (nSPS) is 10.5. The summed E-state index contributed by atoms with van der Waals surface area (Å²) in [6.07, 6.45) is 0. The number of carbonyl (C=O) groups is 1. The van der Waals surface area contributed by atoms with Gasteiger partial charge in [0.15, 0.2) is 5.69 Å². The summed E-state index contributed by atoms with van der Waals surface area (Å²) in [4.78, 5) is 10.8. The van der Waals surface area contributed by atoms with Crippen LogP contribution in [0.15, 0.2) is 22.7 Å². The van der Waals surface area contributed by atoms with E-state index >= 15 is 0 Å². The molecule has 0 aliphatic heterocycles. The van der Waals surface area contributed by atoms with Gasteiger partial charge in [0.2, 0.25) is 0 Å². The molecule has 1 aromatic heterocycles. The molecule has 17 heavy (non-hydrogen) atoms. The highest BCUT2D eigenvalue weighted by Crippen LogP contribution is 2.23. The molecule has 0 fully saturated rings. The lowest BCUT2D eigenvalue weighted by atomic mass is 10.3. The molecule has 0 saturated heterocycles. The number of benzene rings is 1. The quantitative estimate of drug-likeness (QED) is 0.923. The first kappa shape index (κ1) is 11.7. The Labute approximate surface area is 104 Å². The summed E-state index contributed by atoms with van der Waals surface area (Å²) in [5.74, 6) is -1.60. The van der Waals surface area contributed by atoms with Crippen molar-refractivity contribution in [2.24, 2.45) is 0 Å². The van der Waals surface area contributed by atoms with Gasteiger partial charge in [-0.2, -0.15) is 0 Å². The molecule has 2 rings (SSSR count). The minimum atomic E-state index is -1.17. The zero-order valence-corrected chi connectivity index (χ0v) is 10.3. The molecule has 0 unspecified atom stereocenters. The van der Waals surface area contributed by atoms with Crippen molar-refractivity contribution in [3.8, 4) is 5.69 Å². The molecule has 1 heterocycles. The minimum absolute atomic E-state index is 0.152. The first-order valence-corrected chi connectivity index (χ1v) is 5.41. The highest BCUT2D eigenvalue weighted by Gasteiger charge is 2.17. The van der Waals surface area contributed by atoms with Gasteiger partial charge in [0.1, 0.15) is 5.82 Å². The molecular formula is C10H7BrFN3O2. The topological polar surface area (TPSA) is 68.0 Å². The van der Waals surface area contributed by atoms with E-state index in [1.54, 1.807) is 6.92 Å². The van der Waals surface area contributed by atoms with Crippen LogP contribution in [0.1, 0.15) is 16.2 Å². The molecule has 88 valence electrons. The Hall–Kier alpha value is -1.76. The first-order valence-electron chi connectivity index (χ1n) is 4.61. The van der Waals surface area contributed by atoms with Crippen molar-refractivity contribution >= 4 is 21.9 Å². The smallest absolute Gasteiger partial charge is 0.358 e. The van der Waals surface area contributed by atoms with E-state index in [0.29, 0.717) is 15.9 Å². The van der Waals surface area contributed by atoms with Gasteiger partial charge in [0, 0.05) is 10.5 Å². The van der Waals surface area contributed by atoms with Gasteiger partial charge < -0.3 is 5.11 Å². The molecule has 0 aliphatic rings. The van der Waals surface area contributed by atoms with Crippen LogP contribution in [0.3, 0.4) is 0 Å². The van der Waals surface area contributed by atoms with Crippen LogP contribution < -0.4 is 0 Å². The lowest BCUT2D eigenvalue weighted by Crippen LogP contribution is -2.03. The molecular weight excluding hydrogens is 293 g/mol. The molecule has 2 aromatic rings. The van der Waals surface area contributed by atoms with Gasteiger partial charge in [-0.05, 0) is 35.0 Å². The first-order chi connectivity index (χ1) is 8.00. The fourth-order valence-corrected chi connectivity index (χ4v) is 1.82. The van der Waals surface area contributed by atoms with Gasteiger partial charge in [-0.1, -0.05) is 5.21 Å². The number of hydrogen-bond donors (Lipinski definition) is 1. The van der Waals surface area contributed by atoms with Crippen LogP contribution in [0.25, 0.3) is 5.69 Å².